The number of aryl methyl sites for hydroxylation is 1. The maximum atomic E-state index is 12.4. The van der Waals surface area contributed by atoms with Crippen molar-refractivity contribution in [1.29, 1.82) is 0 Å². The summed E-state index contributed by atoms with van der Waals surface area (Å²) in [4.78, 5) is 16.7. The molecule has 0 aliphatic carbocycles. The molecule has 30 heavy (non-hydrogen) atoms. The second-order valence-electron chi connectivity index (χ2n) is 6.78. The average molecular weight is 449 g/mol. The van der Waals surface area contributed by atoms with Crippen molar-refractivity contribution in [1.82, 2.24) is 15.5 Å². The minimum atomic E-state index is -3.66. The van der Waals surface area contributed by atoms with Crippen molar-refractivity contribution >= 4 is 33.2 Å². The van der Waals surface area contributed by atoms with Gasteiger partial charge in [-0.3, -0.25) is 9.10 Å². The second kappa shape index (κ2) is 8.85. The number of nitrogens with one attached hydrogen (secondary N) is 1. The average Bonchev–Trinajstić information content (AvgIpc) is 3.16. The lowest BCUT2D eigenvalue weighted by Crippen LogP contribution is -2.40. The zero-order valence-electron chi connectivity index (χ0n) is 16.7. The van der Waals surface area contributed by atoms with Crippen molar-refractivity contribution in [3.63, 3.8) is 0 Å². The van der Waals surface area contributed by atoms with Gasteiger partial charge in [-0.15, -0.1) is 0 Å². The Labute approximate surface area is 179 Å². The van der Waals surface area contributed by atoms with Crippen molar-refractivity contribution in [2.75, 3.05) is 17.1 Å². The number of benzene rings is 2. The third-order valence-corrected chi connectivity index (χ3v) is 5.92. The number of rotatable bonds is 7. The minimum Gasteiger partial charge on any atom is -0.345 e. The number of nitrogens with zero attached hydrogens (tertiary/aromatic N) is 3. The van der Waals surface area contributed by atoms with Gasteiger partial charge in [-0.1, -0.05) is 28.9 Å². The molecule has 3 rings (SSSR count). The molecule has 158 valence electrons. The van der Waals surface area contributed by atoms with Crippen LogP contribution in [0.2, 0.25) is 5.02 Å². The quantitative estimate of drug-likeness (QED) is 0.595. The van der Waals surface area contributed by atoms with Gasteiger partial charge >= 0.3 is 0 Å². The van der Waals surface area contributed by atoms with E-state index in [1.807, 2.05) is 19.9 Å². The molecule has 0 radical (unpaired) electrons. The van der Waals surface area contributed by atoms with Crippen molar-refractivity contribution in [2.24, 2.45) is 0 Å². The smallest absolute Gasteiger partial charge is 0.246 e. The molecule has 1 N–H and O–H groups in total. The minimum absolute atomic E-state index is 0.0240. The van der Waals surface area contributed by atoms with E-state index in [0.29, 0.717) is 16.5 Å². The molecule has 0 saturated heterocycles. The monoisotopic (exact) mass is 448 g/mol. The Morgan fingerprint density at radius 3 is 2.53 bits per heavy atom. The molecular formula is C20H21ClN4O4S. The zero-order chi connectivity index (χ0) is 21.9. The predicted molar refractivity (Wildman–Crippen MR) is 115 cm³/mol. The Bertz CT molecular complexity index is 1160. The normalized spacial score (nSPS) is 11.3. The molecule has 1 amide bonds. The Balaban J connectivity index is 1.68. The largest absolute Gasteiger partial charge is 0.345 e. The lowest BCUT2D eigenvalue weighted by atomic mass is 10.1. The van der Waals surface area contributed by atoms with Gasteiger partial charge < -0.3 is 9.84 Å². The zero-order valence-corrected chi connectivity index (χ0v) is 18.3. The van der Waals surface area contributed by atoms with Gasteiger partial charge in [0.1, 0.15) is 6.54 Å². The summed E-state index contributed by atoms with van der Waals surface area (Å²) in [5.74, 6) is 0.0718. The Morgan fingerprint density at radius 1 is 1.17 bits per heavy atom. The highest BCUT2D eigenvalue weighted by molar-refractivity contribution is 7.92. The Hall–Kier alpha value is -2.91. The number of aromatic nitrogens is 2. The highest BCUT2D eigenvalue weighted by Crippen LogP contribution is 2.24. The lowest BCUT2D eigenvalue weighted by Gasteiger charge is -2.24. The molecule has 0 aliphatic heterocycles. The molecule has 0 aliphatic rings. The van der Waals surface area contributed by atoms with Crippen molar-refractivity contribution in [3.8, 4) is 11.4 Å². The first-order chi connectivity index (χ1) is 14.1. The summed E-state index contributed by atoms with van der Waals surface area (Å²) in [5, 5.41) is 7.08. The molecule has 0 spiro atoms. The summed E-state index contributed by atoms with van der Waals surface area (Å²) in [6.07, 6.45) is 1.07. The summed E-state index contributed by atoms with van der Waals surface area (Å²) < 4.78 is 30.8. The number of anilines is 1. The summed E-state index contributed by atoms with van der Waals surface area (Å²) in [6.45, 7) is 3.32. The second-order valence-corrected chi connectivity index (χ2v) is 9.13. The van der Waals surface area contributed by atoms with Crippen molar-refractivity contribution < 1.29 is 17.7 Å². The van der Waals surface area contributed by atoms with E-state index in [0.717, 1.165) is 27.3 Å². The molecule has 0 saturated carbocycles. The van der Waals surface area contributed by atoms with Crippen LogP contribution in [0.15, 0.2) is 47.0 Å². The highest BCUT2D eigenvalue weighted by Gasteiger charge is 2.23. The van der Waals surface area contributed by atoms with E-state index in [2.05, 4.69) is 15.5 Å². The fourth-order valence-electron chi connectivity index (χ4n) is 2.79. The number of carbonyl (C=O) groups excluding carboxylic acids is 1. The van der Waals surface area contributed by atoms with Crippen LogP contribution in [0.25, 0.3) is 11.4 Å². The van der Waals surface area contributed by atoms with Crippen molar-refractivity contribution in [2.45, 2.75) is 20.4 Å². The van der Waals surface area contributed by atoms with Crippen LogP contribution >= 0.6 is 11.6 Å². The van der Waals surface area contributed by atoms with Gasteiger partial charge in [-0.2, -0.15) is 4.98 Å². The van der Waals surface area contributed by atoms with Gasteiger partial charge in [0, 0.05) is 10.6 Å². The lowest BCUT2D eigenvalue weighted by molar-refractivity contribution is -0.119. The maximum Gasteiger partial charge on any atom is 0.246 e. The van der Waals surface area contributed by atoms with Crippen LogP contribution in [0.4, 0.5) is 5.69 Å². The molecule has 1 heterocycles. The van der Waals surface area contributed by atoms with Gasteiger partial charge in [0.2, 0.25) is 27.6 Å². The Morgan fingerprint density at radius 2 is 1.87 bits per heavy atom. The van der Waals surface area contributed by atoms with Gasteiger partial charge in [0.15, 0.2) is 0 Å². The van der Waals surface area contributed by atoms with Crippen LogP contribution in [0.3, 0.4) is 0 Å². The summed E-state index contributed by atoms with van der Waals surface area (Å²) in [5.41, 5.74) is 2.91. The van der Waals surface area contributed by atoms with Crippen LogP contribution in [0.1, 0.15) is 17.0 Å². The molecule has 0 fully saturated rings. The number of sulfonamides is 1. The molecule has 3 aromatic rings. The molecule has 10 heteroatoms. The fraction of sp³-hybridized carbons (Fsp3) is 0.250. The maximum absolute atomic E-state index is 12.4. The van der Waals surface area contributed by atoms with Crippen LogP contribution in [-0.4, -0.2) is 37.3 Å². The summed E-state index contributed by atoms with van der Waals surface area (Å²) in [6, 6.07) is 12.2. The molecule has 0 unspecified atom stereocenters. The molecule has 0 atom stereocenters. The first-order valence-electron chi connectivity index (χ1n) is 9.04. The van der Waals surface area contributed by atoms with Crippen molar-refractivity contribution in [3.05, 3.63) is 64.5 Å². The van der Waals surface area contributed by atoms with E-state index >= 15 is 0 Å². The van der Waals surface area contributed by atoms with E-state index in [4.69, 9.17) is 16.1 Å². The predicted octanol–water partition coefficient (Wildman–Crippen LogP) is 3.09. The molecule has 1 aromatic heterocycles. The molecule has 2 aromatic carbocycles. The van der Waals surface area contributed by atoms with Crippen LogP contribution in [0.5, 0.6) is 0 Å². The van der Waals surface area contributed by atoms with Crippen LogP contribution in [0, 0.1) is 13.8 Å². The van der Waals surface area contributed by atoms with E-state index in [-0.39, 0.29) is 19.0 Å². The molecular weight excluding hydrogens is 428 g/mol. The third kappa shape index (κ3) is 5.17. The SMILES string of the molecule is Cc1cccc(N(CC(=O)NCc2nc(-c3ccc(Cl)cc3)no2)S(C)(=O)=O)c1C. The summed E-state index contributed by atoms with van der Waals surface area (Å²) >= 11 is 5.87. The number of hydrogen-bond donors (Lipinski definition) is 1. The number of hydrogen-bond acceptors (Lipinski definition) is 6. The number of halogens is 1. The van der Waals surface area contributed by atoms with Gasteiger partial charge in [0.25, 0.3) is 0 Å². The van der Waals surface area contributed by atoms with Gasteiger partial charge in [-0.05, 0) is 55.3 Å². The van der Waals surface area contributed by atoms with E-state index < -0.39 is 15.9 Å². The van der Waals surface area contributed by atoms with E-state index in [1.54, 1.807) is 36.4 Å². The van der Waals surface area contributed by atoms with E-state index in [1.165, 1.54) is 0 Å². The number of carbonyl (C=O) groups is 1. The van der Waals surface area contributed by atoms with Crippen LogP contribution < -0.4 is 9.62 Å². The third-order valence-electron chi connectivity index (χ3n) is 4.54. The molecule has 8 nitrogen and oxygen atoms in total. The topological polar surface area (TPSA) is 105 Å². The van der Waals surface area contributed by atoms with E-state index in [9.17, 15) is 13.2 Å². The molecule has 0 bridgehead atoms. The van der Waals surface area contributed by atoms with Gasteiger partial charge in [-0.25, -0.2) is 8.42 Å². The first-order valence-corrected chi connectivity index (χ1v) is 11.3. The summed E-state index contributed by atoms with van der Waals surface area (Å²) in [7, 11) is -3.66. The highest BCUT2D eigenvalue weighted by atomic mass is 35.5. The first kappa shape index (κ1) is 21.8. The number of amides is 1. The van der Waals surface area contributed by atoms with Gasteiger partial charge in [0.05, 0.1) is 18.5 Å². The fourth-order valence-corrected chi connectivity index (χ4v) is 3.82. The standard InChI is InChI=1S/C20H21ClN4O4S/c1-13-5-4-6-17(14(13)2)25(30(3,27)28)12-18(26)22-11-19-23-20(24-29-19)15-7-9-16(21)10-8-15/h4-10H,11-12H2,1-3H3,(H,22,26). The Kier molecular flexibility index (Phi) is 6.42. The van der Waals surface area contributed by atoms with Crippen LogP contribution in [-0.2, 0) is 21.4 Å².